The molecule has 3 heterocycles. The molecule has 7 aromatic carbocycles. The van der Waals surface area contributed by atoms with E-state index in [1.807, 2.05) is 34.8 Å². The van der Waals surface area contributed by atoms with Crippen LogP contribution in [0.15, 0.2) is 144 Å². The fraction of sp³-hybridized carbons (Fsp3) is 0. The first-order chi connectivity index (χ1) is 21.8. The highest BCUT2D eigenvalue weighted by molar-refractivity contribution is 7.26. The van der Waals surface area contributed by atoms with E-state index >= 15 is 0 Å². The van der Waals surface area contributed by atoms with E-state index in [-0.39, 0.29) is 0 Å². The predicted molar refractivity (Wildman–Crippen MR) is 192 cm³/mol. The maximum atomic E-state index is 6.21. The molecule has 0 spiro atoms. The summed E-state index contributed by atoms with van der Waals surface area (Å²) in [6.45, 7) is 0. The summed E-state index contributed by atoms with van der Waals surface area (Å²) in [5.41, 5.74) is 5.27. The normalized spacial score (nSPS) is 12.1. The van der Waals surface area contributed by atoms with Crippen molar-refractivity contribution in [3.8, 4) is 0 Å². The highest BCUT2D eigenvalue weighted by atomic mass is 32.1. The molecule has 2 nitrogen and oxygen atoms in total. The topological polar surface area (TPSA) is 16.4 Å². The number of furan rings is 1. The fourth-order valence-electron chi connectivity index (χ4n) is 6.83. The van der Waals surface area contributed by atoms with Crippen LogP contribution in [0.4, 0.5) is 17.1 Å². The highest BCUT2D eigenvalue weighted by Crippen LogP contribution is 2.44. The minimum absolute atomic E-state index is 0.924. The molecular formula is C40H23NOS2. The molecule has 3 aromatic heterocycles. The van der Waals surface area contributed by atoms with Gasteiger partial charge in [-0.2, -0.15) is 0 Å². The molecule has 10 rings (SSSR count). The molecule has 0 N–H and O–H groups in total. The van der Waals surface area contributed by atoms with Crippen LogP contribution < -0.4 is 4.90 Å². The van der Waals surface area contributed by atoms with Crippen LogP contribution in [-0.2, 0) is 0 Å². The summed E-state index contributed by atoms with van der Waals surface area (Å²) >= 11 is 3.71. The Labute approximate surface area is 260 Å². The molecule has 10 aromatic rings. The van der Waals surface area contributed by atoms with Crippen molar-refractivity contribution in [2.24, 2.45) is 0 Å². The van der Waals surface area contributed by atoms with Crippen molar-refractivity contribution in [2.75, 3.05) is 4.90 Å². The predicted octanol–water partition coefficient (Wildman–Crippen LogP) is 12.9. The second-order valence-corrected chi connectivity index (χ2v) is 13.5. The summed E-state index contributed by atoms with van der Waals surface area (Å²) in [4.78, 5) is 2.41. The van der Waals surface area contributed by atoms with Gasteiger partial charge in [-0.1, -0.05) is 66.7 Å². The third-order valence-corrected chi connectivity index (χ3v) is 11.1. The number of rotatable bonds is 3. The lowest BCUT2D eigenvalue weighted by atomic mass is 10.0. The van der Waals surface area contributed by atoms with Gasteiger partial charge in [-0.3, -0.25) is 0 Å². The second-order valence-electron chi connectivity index (χ2n) is 11.3. The van der Waals surface area contributed by atoms with Gasteiger partial charge in [-0.15, -0.1) is 22.7 Å². The lowest BCUT2D eigenvalue weighted by molar-refractivity contribution is 0.669. The molecule has 0 aliphatic heterocycles. The first kappa shape index (κ1) is 24.3. The number of thiophene rings is 2. The molecule has 4 heteroatoms. The number of hydrogen-bond donors (Lipinski definition) is 0. The smallest absolute Gasteiger partial charge is 0.136 e. The first-order valence-corrected chi connectivity index (χ1v) is 16.4. The van der Waals surface area contributed by atoms with Crippen LogP contribution in [0.25, 0.3) is 73.1 Å². The first-order valence-electron chi connectivity index (χ1n) is 14.8. The summed E-state index contributed by atoms with van der Waals surface area (Å²) in [6.07, 6.45) is 0. The van der Waals surface area contributed by atoms with Gasteiger partial charge >= 0.3 is 0 Å². The Morgan fingerprint density at radius 1 is 0.386 bits per heavy atom. The van der Waals surface area contributed by atoms with Gasteiger partial charge in [0.15, 0.2) is 0 Å². The zero-order valence-corrected chi connectivity index (χ0v) is 25.1. The Hall–Kier alpha value is -5.16. The number of fused-ring (bicyclic) bond motifs is 11. The Bertz CT molecular complexity index is 2630. The zero-order valence-electron chi connectivity index (χ0n) is 23.5. The number of benzene rings is 7. The molecule has 0 atom stereocenters. The van der Waals surface area contributed by atoms with Crippen LogP contribution in [0.3, 0.4) is 0 Å². The molecule has 0 saturated carbocycles. The molecule has 0 aliphatic carbocycles. The molecule has 206 valence electrons. The lowest BCUT2D eigenvalue weighted by Gasteiger charge is -2.26. The second kappa shape index (κ2) is 9.17. The SMILES string of the molecule is c1ccc2c(c1)oc1ccc3cc(N(c4ccc5sc6ccccc6c5c4)c4ccc5sc6ccccc6c5c4)ccc3c12. The van der Waals surface area contributed by atoms with Crippen LogP contribution >= 0.6 is 22.7 Å². The third-order valence-electron chi connectivity index (χ3n) is 8.84. The number of nitrogens with zero attached hydrogens (tertiary/aromatic N) is 1. The average Bonchev–Trinajstić information content (AvgIpc) is 3.76. The zero-order chi connectivity index (χ0) is 28.8. The van der Waals surface area contributed by atoms with Crippen molar-refractivity contribution in [2.45, 2.75) is 0 Å². The number of hydrogen-bond acceptors (Lipinski definition) is 4. The summed E-state index contributed by atoms with van der Waals surface area (Å²) < 4.78 is 11.5. The minimum atomic E-state index is 0.924. The molecule has 0 radical (unpaired) electrons. The van der Waals surface area contributed by atoms with E-state index < -0.39 is 0 Å². The molecule has 0 saturated heterocycles. The van der Waals surface area contributed by atoms with E-state index in [0.717, 1.165) is 33.6 Å². The Morgan fingerprint density at radius 3 is 1.61 bits per heavy atom. The van der Waals surface area contributed by atoms with Gasteiger partial charge < -0.3 is 9.32 Å². The van der Waals surface area contributed by atoms with E-state index in [0.29, 0.717) is 0 Å². The van der Waals surface area contributed by atoms with Gasteiger partial charge in [0.2, 0.25) is 0 Å². The maximum Gasteiger partial charge on any atom is 0.136 e. The molecule has 44 heavy (non-hydrogen) atoms. The van der Waals surface area contributed by atoms with Gasteiger partial charge in [0, 0.05) is 68.2 Å². The van der Waals surface area contributed by atoms with E-state index in [4.69, 9.17) is 4.42 Å². The Balaban J connectivity index is 1.23. The molecule has 0 aliphatic rings. The summed E-state index contributed by atoms with van der Waals surface area (Å²) in [5, 5.41) is 9.92. The molecule has 0 unspecified atom stereocenters. The molecular weight excluding hydrogens is 575 g/mol. The fourth-order valence-corrected chi connectivity index (χ4v) is 9.01. The largest absolute Gasteiger partial charge is 0.456 e. The van der Waals surface area contributed by atoms with Crippen LogP contribution in [0.2, 0.25) is 0 Å². The van der Waals surface area contributed by atoms with Crippen molar-refractivity contribution < 1.29 is 4.42 Å². The van der Waals surface area contributed by atoms with Crippen molar-refractivity contribution in [1.29, 1.82) is 0 Å². The lowest BCUT2D eigenvalue weighted by Crippen LogP contribution is -2.09. The van der Waals surface area contributed by atoms with Crippen molar-refractivity contribution in [3.05, 3.63) is 140 Å². The Kier molecular flexibility index (Phi) is 5.06. The van der Waals surface area contributed by atoms with E-state index in [1.165, 1.54) is 56.5 Å². The van der Waals surface area contributed by atoms with Gasteiger partial charge in [0.05, 0.1) is 0 Å². The molecule has 0 bridgehead atoms. The van der Waals surface area contributed by atoms with Gasteiger partial charge in [-0.05, 0) is 83.6 Å². The quantitative estimate of drug-likeness (QED) is 0.201. The number of para-hydroxylation sites is 1. The minimum Gasteiger partial charge on any atom is -0.456 e. The third kappa shape index (κ3) is 3.53. The van der Waals surface area contributed by atoms with Crippen molar-refractivity contribution >= 4 is 113 Å². The summed E-state index contributed by atoms with van der Waals surface area (Å²) in [7, 11) is 0. The van der Waals surface area contributed by atoms with E-state index in [1.54, 1.807) is 0 Å². The highest BCUT2D eigenvalue weighted by Gasteiger charge is 2.18. The van der Waals surface area contributed by atoms with Gasteiger partial charge in [0.25, 0.3) is 0 Å². The van der Waals surface area contributed by atoms with Crippen molar-refractivity contribution in [3.63, 3.8) is 0 Å². The summed E-state index contributed by atoms with van der Waals surface area (Å²) in [5.74, 6) is 0. The van der Waals surface area contributed by atoms with Crippen LogP contribution in [0.1, 0.15) is 0 Å². The van der Waals surface area contributed by atoms with Gasteiger partial charge in [0.1, 0.15) is 11.2 Å². The van der Waals surface area contributed by atoms with Crippen LogP contribution in [0.5, 0.6) is 0 Å². The molecule has 0 amide bonds. The molecule has 0 fully saturated rings. The maximum absolute atomic E-state index is 6.21. The van der Waals surface area contributed by atoms with E-state index in [9.17, 15) is 0 Å². The van der Waals surface area contributed by atoms with E-state index in [2.05, 4.69) is 132 Å². The standard InChI is InChI=1S/C40H23NOS2/c1-4-10-34-31(9-1)40-28-17-14-25(21-24(28)13-18-35(40)42-34)41(26-15-19-38-32(22-26)29-7-2-5-11-36(29)43-38)27-16-20-39-33(23-27)30-8-3-6-12-37(30)44-39/h1-23H. The van der Waals surface area contributed by atoms with Gasteiger partial charge in [-0.25, -0.2) is 0 Å². The van der Waals surface area contributed by atoms with Crippen molar-refractivity contribution in [1.82, 2.24) is 0 Å². The summed E-state index contributed by atoms with van der Waals surface area (Å²) in [6, 6.07) is 50.7. The monoisotopic (exact) mass is 597 g/mol. The number of anilines is 3. The Morgan fingerprint density at radius 2 is 0.932 bits per heavy atom. The van der Waals surface area contributed by atoms with Crippen LogP contribution in [0, 0.1) is 0 Å². The average molecular weight is 598 g/mol. The van der Waals surface area contributed by atoms with Crippen LogP contribution in [-0.4, -0.2) is 0 Å².